The maximum absolute atomic E-state index is 11.9. The molecule has 0 fully saturated rings. The summed E-state index contributed by atoms with van der Waals surface area (Å²) in [6, 6.07) is 3.85. The van der Waals surface area contributed by atoms with Crippen molar-refractivity contribution < 1.29 is 19.8 Å². The molecule has 0 spiro atoms. The van der Waals surface area contributed by atoms with Crippen LogP contribution in [0.15, 0.2) is 18.2 Å². The number of rotatable bonds is 5. The highest BCUT2D eigenvalue weighted by atomic mass is 16.4. The van der Waals surface area contributed by atoms with Gasteiger partial charge in [0.1, 0.15) is 5.75 Å². The highest BCUT2D eigenvalue weighted by Gasteiger charge is 2.18. The predicted molar refractivity (Wildman–Crippen MR) is 67.8 cm³/mol. The van der Waals surface area contributed by atoms with Gasteiger partial charge in [0, 0.05) is 5.92 Å². The van der Waals surface area contributed by atoms with E-state index in [0.29, 0.717) is 12.8 Å². The van der Waals surface area contributed by atoms with E-state index < -0.39 is 5.97 Å². The standard InChI is InChI=1S/C13H17NO4/c1-3-8(4-2)12(16)14-11-6-5-9(15)7-10(11)13(17)18/h5-8,15H,3-4H2,1-2H3,(H,14,16)(H,17,18). The summed E-state index contributed by atoms with van der Waals surface area (Å²) in [6.07, 6.45) is 1.39. The fourth-order valence-electron chi connectivity index (χ4n) is 1.71. The molecule has 1 amide bonds. The molecule has 0 radical (unpaired) electrons. The van der Waals surface area contributed by atoms with Crippen LogP contribution in [0, 0.1) is 5.92 Å². The van der Waals surface area contributed by atoms with Gasteiger partial charge >= 0.3 is 5.97 Å². The molecule has 0 aliphatic rings. The Labute approximate surface area is 105 Å². The lowest BCUT2D eigenvalue weighted by molar-refractivity contribution is -0.120. The van der Waals surface area contributed by atoms with E-state index in [0.717, 1.165) is 6.07 Å². The zero-order valence-corrected chi connectivity index (χ0v) is 10.4. The second-order valence-corrected chi connectivity index (χ2v) is 4.04. The Hall–Kier alpha value is -2.04. The quantitative estimate of drug-likeness (QED) is 0.701. The number of phenolic OH excluding ortho intramolecular Hbond substituents is 1. The molecule has 0 aliphatic carbocycles. The molecular weight excluding hydrogens is 234 g/mol. The van der Waals surface area contributed by atoms with Gasteiger partial charge in [-0.25, -0.2) is 4.79 Å². The molecule has 0 aliphatic heterocycles. The van der Waals surface area contributed by atoms with Gasteiger partial charge in [-0.3, -0.25) is 4.79 Å². The van der Waals surface area contributed by atoms with Gasteiger partial charge in [0.25, 0.3) is 0 Å². The van der Waals surface area contributed by atoms with Crippen LogP contribution in [0.25, 0.3) is 0 Å². The largest absolute Gasteiger partial charge is 0.508 e. The summed E-state index contributed by atoms with van der Waals surface area (Å²) in [7, 11) is 0. The summed E-state index contributed by atoms with van der Waals surface area (Å²) in [6.45, 7) is 3.81. The van der Waals surface area contributed by atoms with Crippen LogP contribution in [0.2, 0.25) is 0 Å². The monoisotopic (exact) mass is 251 g/mol. The first-order valence-electron chi connectivity index (χ1n) is 5.86. The average Bonchev–Trinajstić information content (AvgIpc) is 2.32. The molecule has 5 nitrogen and oxygen atoms in total. The molecule has 0 unspecified atom stereocenters. The minimum atomic E-state index is -1.19. The number of hydrogen-bond donors (Lipinski definition) is 3. The number of nitrogens with one attached hydrogen (secondary N) is 1. The van der Waals surface area contributed by atoms with Gasteiger partial charge in [-0.05, 0) is 31.0 Å². The minimum Gasteiger partial charge on any atom is -0.508 e. The first kappa shape index (κ1) is 14.0. The maximum Gasteiger partial charge on any atom is 0.337 e. The molecule has 98 valence electrons. The van der Waals surface area contributed by atoms with Crippen LogP contribution in [0.5, 0.6) is 5.75 Å². The highest BCUT2D eigenvalue weighted by molar-refractivity contribution is 6.01. The van der Waals surface area contributed by atoms with Gasteiger partial charge in [-0.2, -0.15) is 0 Å². The molecule has 1 rings (SSSR count). The lowest BCUT2D eigenvalue weighted by Gasteiger charge is -2.14. The number of carbonyl (C=O) groups is 2. The van der Waals surface area contributed by atoms with Gasteiger partial charge in [0.2, 0.25) is 5.91 Å². The molecule has 0 heterocycles. The minimum absolute atomic E-state index is 0.116. The Morgan fingerprint density at radius 3 is 2.39 bits per heavy atom. The zero-order chi connectivity index (χ0) is 13.7. The lowest BCUT2D eigenvalue weighted by atomic mass is 10.0. The molecule has 0 saturated heterocycles. The molecule has 0 bridgehead atoms. The van der Waals surface area contributed by atoms with Crippen molar-refractivity contribution in [3.63, 3.8) is 0 Å². The van der Waals surface area contributed by atoms with Crippen LogP contribution >= 0.6 is 0 Å². The van der Waals surface area contributed by atoms with Gasteiger partial charge in [-0.15, -0.1) is 0 Å². The fourth-order valence-corrected chi connectivity index (χ4v) is 1.71. The van der Waals surface area contributed by atoms with E-state index >= 15 is 0 Å². The molecule has 1 aromatic rings. The van der Waals surface area contributed by atoms with Gasteiger partial charge < -0.3 is 15.5 Å². The normalized spacial score (nSPS) is 10.4. The Bertz CT molecular complexity index is 452. The number of carbonyl (C=O) groups excluding carboxylic acids is 1. The molecule has 5 heteroatoms. The first-order valence-corrected chi connectivity index (χ1v) is 5.86. The molecule has 1 aromatic carbocycles. The van der Waals surface area contributed by atoms with E-state index in [2.05, 4.69) is 5.32 Å². The van der Waals surface area contributed by atoms with Crippen molar-refractivity contribution in [1.82, 2.24) is 0 Å². The number of benzene rings is 1. The number of hydrogen-bond acceptors (Lipinski definition) is 3. The van der Waals surface area contributed by atoms with Crippen molar-refractivity contribution in [2.75, 3.05) is 5.32 Å². The zero-order valence-electron chi connectivity index (χ0n) is 10.4. The number of aromatic carboxylic acids is 1. The molecular formula is C13H17NO4. The van der Waals surface area contributed by atoms with Crippen molar-refractivity contribution in [1.29, 1.82) is 0 Å². The Kier molecular flexibility index (Phi) is 4.71. The predicted octanol–water partition coefficient (Wildman–Crippen LogP) is 2.47. The third-order valence-electron chi connectivity index (χ3n) is 2.85. The molecule has 3 N–H and O–H groups in total. The summed E-state index contributed by atoms with van der Waals surface area (Å²) in [5, 5.41) is 20.8. The summed E-state index contributed by atoms with van der Waals surface area (Å²) in [5.74, 6) is -1.67. The van der Waals surface area contributed by atoms with Crippen molar-refractivity contribution in [2.45, 2.75) is 26.7 Å². The van der Waals surface area contributed by atoms with Gasteiger partial charge in [0.15, 0.2) is 0 Å². The summed E-state index contributed by atoms with van der Waals surface area (Å²) in [5.41, 5.74) is 0.0894. The number of amides is 1. The SMILES string of the molecule is CCC(CC)C(=O)Nc1ccc(O)cc1C(=O)O. The third-order valence-corrected chi connectivity index (χ3v) is 2.85. The summed E-state index contributed by atoms with van der Waals surface area (Å²) < 4.78 is 0. The molecule has 18 heavy (non-hydrogen) atoms. The van der Waals surface area contributed by atoms with Crippen LogP contribution in [-0.4, -0.2) is 22.1 Å². The number of carboxylic acid groups (broad SMARTS) is 1. The molecule has 0 aromatic heterocycles. The Morgan fingerprint density at radius 1 is 1.28 bits per heavy atom. The van der Waals surface area contributed by atoms with E-state index in [4.69, 9.17) is 5.11 Å². The van der Waals surface area contributed by atoms with Crippen molar-refractivity contribution in [2.24, 2.45) is 5.92 Å². The maximum atomic E-state index is 11.9. The van der Waals surface area contributed by atoms with Crippen LogP contribution in [0.3, 0.4) is 0 Å². The number of aromatic hydroxyl groups is 1. The van der Waals surface area contributed by atoms with Crippen LogP contribution < -0.4 is 5.32 Å². The van der Waals surface area contributed by atoms with Crippen molar-refractivity contribution >= 4 is 17.6 Å². The lowest BCUT2D eigenvalue weighted by Crippen LogP contribution is -2.22. The molecule has 0 atom stereocenters. The highest BCUT2D eigenvalue weighted by Crippen LogP contribution is 2.22. The summed E-state index contributed by atoms with van der Waals surface area (Å²) in [4.78, 5) is 22.9. The second kappa shape index (κ2) is 6.05. The van der Waals surface area contributed by atoms with E-state index in [1.165, 1.54) is 12.1 Å². The number of phenols is 1. The molecule has 0 saturated carbocycles. The fraction of sp³-hybridized carbons (Fsp3) is 0.385. The van der Waals surface area contributed by atoms with Crippen LogP contribution in [-0.2, 0) is 4.79 Å². The summed E-state index contributed by atoms with van der Waals surface area (Å²) >= 11 is 0. The van der Waals surface area contributed by atoms with E-state index in [-0.39, 0.29) is 28.8 Å². The second-order valence-electron chi connectivity index (χ2n) is 4.04. The van der Waals surface area contributed by atoms with E-state index in [9.17, 15) is 14.7 Å². The number of anilines is 1. The van der Waals surface area contributed by atoms with Gasteiger partial charge in [-0.1, -0.05) is 13.8 Å². The Balaban J connectivity index is 2.97. The van der Waals surface area contributed by atoms with Crippen molar-refractivity contribution in [3.05, 3.63) is 23.8 Å². The van der Waals surface area contributed by atoms with E-state index in [1.807, 2.05) is 13.8 Å². The van der Waals surface area contributed by atoms with Crippen molar-refractivity contribution in [3.8, 4) is 5.75 Å². The number of carboxylic acids is 1. The Morgan fingerprint density at radius 2 is 1.89 bits per heavy atom. The van der Waals surface area contributed by atoms with E-state index in [1.54, 1.807) is 0 Å². The third kappa shape index (κ3) is 3.23. The first-order chi connectivity index (χ1) is 8.49. The smallest absolute Gasteiger partial charge is 0.337 e. The van der Waals surface area contributed by atoms with Crippen LogP contribution in [0.1, 0.15) is 37.0 Å². The average molecular weight is 251 g/mol. The van der Waals surface area contributed by atoms with Crippen LogP contribution in [0.4, 0.5) is 5.69 Å². The topological polar surface area (TPSA) is 86.6 Å². The van der Waals surface area contributed by atoms with Gasteiger partial charge in [0.05, 0.1) is 11.3 Å².